The number of hydrogen-bond acceptors (Lipinski definition) is 6. The monoisotopic (exact) mass is 485 g/mol. The van der Waals surface area contributed by atoms with Crippen molar-refractivity contribution in [2.75, 3.05) is 23.3 Å². The predicted molar refractivity (Wildman–Crippen MR) is 136 cm³/mol. The van der Waals surface area contributed by atoms with Gasteiger partial charge in [-0.25, -0.2) is 19.1 Å². The van der Waals surface area contributed by atoms with E-state index in [1.165, 1.54) is 6.20 Å². The molecule has 10 nitrogen and oxygen atoms in total. The van der Waals surface area contributed by atoms with Crippen molar-refractivity contribution in [3.05, 3.63) is 24.5 Å². The molecule has 3 N–H and O–H groups in total. The average molecular weight is 486 g/mol. The Morgan fingerprint density at radius 3 is 2.54 bits per heavy atom. The minimum atomic E-state index is -1.20. The van der Waals surface area contributed by atoms with Crippen LogP contribution in [-0.4, -0.2) is 57.5 Å². The summed E-state index contributed by atoms with van der Waals surface area (Å²) in [5.74, 6) is -0.527. The highest BCUT2D eigenvalue weighted by molar-refractivity contribution is 6.11. The molecule has 10 heteroatoms. The fraction of sp³-hybridized carbons (Fsp3) is 0.520. The van der Waals surface area contributed by atoms with Gasteiger partial charge in [-0.1, -0.05) is 20.4 Å². The van der Waals surface area contributed by atoms with Gasteiger partial charge in [-0.2, -0.15) is 0 Å². The SMILES string of the molecule is C=C(C)c1cnc2c(c(NC(=O)C(C)C)cn2C(=O)O)c1N1CCCC(NC(=O)OC(C)(C)C)C1. The van der Waals surface area contributed by atoms with E-state index >= 15 is 0 Å². The molecule has 0 saturated carbocycles. The van der Waals surface area contributed by atoms with Crippen LogP contribution >= 0.6 is 0 Å². The Labute approximate surface area is 205 Å². The summed E-state index contributed by atoms with van der Waals surface area (Å²) < 4.78 is 6.43. The largest absolute Gasteiger partial charge is 0.464 e. The number of allylic oxidation sites excluding steroid dienone is 1. The number of nitrogens with one attached hydrogen (secondary N) is 2. The molecule has 1 unspecified atom stereocenters. The van der Waals surface area contributed by atoms with E-state index < -0.39 is 17.8 Å². The second-order valence-corrected chi connectivity index (χ2v) is 10.3. The Hall–Kier alpha value is -3.56. The third-order valence-electron chi connectivity index (χ3n) is 5.69. The number of amides is 2. The van der Waals surface area contributed by atoms with Crippen molar-refractivity contribution in [1.29, 1.82) is 0 Å². The quantitative estimate of drug-likeness (QED) is 0.561. The molecule has 2 aromatic heterocycles. The fourth-order valence-electron chi connectivity index (χ4n) is 4.11. The number of nitrogens with zero attached hydrogens (tertiary/aromatic N) is 3. The van der Waals surface area contributed by atoms with Gasteiger partial charge in [0.1, 0.15) is 5.60 Å². The molecule has 1 aliphatic heterocycles. The number of ether oxygens (including phenoxy) is 1. The highest BCUT2D eigenvalue weighted by Crippen LogP contribution is 2.40. The molecule has 1 atom stereocenters. The molecule has 1 saturated heterocycles. The molecule has 2 aromatic rings. The van der Waals surface area contributed by atoms with Crippen LogP contribution in [0.5, 0.6) is 0 Å². The highest BCUT2D eigenvalue weighted by atomic mass is 16.6. The zero-order valence-electron chi connectivity index (χ0n) is 21.3. The summed E-state index contributed by atoms with van der Waals surface area (Å²) in [6.07, 6.45) is 2.88. The molecule has 0 bridgehead atoms. The third-order valence-corrected chi connectivity index (χ3v) is 5.69. The second-order valence-electron chi connectivity index (χ2n) is 10.3. The fourth-order valence-corrected chi connectivity index (χ4v) is 4.11. The number of hydrogen-bond donors (Lipinski definition) is 3. The first-order chi connectivity index (χ1) is 16.3. The first-order valence-electron chi connectivity index (χ1n) is 11.8. The van der Waals surface area contributed by atoms with E-state index in [1.807, 2.05) is 27.7 Å². The van der Waals surface area contributed by atoms with Crippen LogP contribution in [0.25, 0.3) is 16.6 Å². The Morgan fingerprint density at radius 2 is 1.97 bits per heavy atom. The lowest BCUT2D eigenvalue weighted by atomic mass is 10.00. The maximum absolute atomic E-state index is 12.5. The lowest BCUT2D eigenvalue weighted by Crippen LogP contribution is -2.49. The Kier molecular flexibility index (Phi) is 7.42. The van der Waals surface area contributed by atoms with Crippen molar-refractivity contribution in [1.82, 2.24) is 14.9 Å². The van der Waals surface area contributed by atoms with Crippen LogP contribution in [0.3, 0.4) is 0 Å². The summed E-state index contributed by atoms with van der Waals surface area (Å²) in [7, 11) is 0. The van der Waals surface area contributed by atoms with Crippen LogP contribution in [-0.2, 0) is 9.53 Å². The van der Waals surface area contributed by atoms with Gasteiger partial charge in [-0.05, 0) is 46.1 Å². The van der Waals surface area contributed by atoms with Crippen molar-refractivity contribution in [3.8, 4) is 0 Å². The normalized spacial score (nSPS) is 16.3. The number of carboxylic acid groups (broad SMARTS) is 1. The van der Waals surface area contributed by atoms with Gasteiger partial charge in [0.25, 0.3) is 0 Å². The number of carbonyl (C=O) groups excluding carboxylic acids is 2. The molecule has 1 fully saturated rings. The summed E-state index contributed by atoms with van der Waals surface area (Å²) in [5.41, 5.74) is 2.22. The number of rotatable bonds is 5. The van der Waals surface area contributed by atoms with Gasteiger partial charge in [0.05, 0.1) is 16.8 Å². The minimum absolute atomic E-state index is 0.171. The summed E-state index contributed by atoms with van der Waals surface area (Å²) in [5, 5.41) is 16.1. The van der Waals surface area contributed by atoms with E-state index in [-0.39, 0.29) is 23.5 Å². The topological polar surface area (TPSA) is 126 Å². The van der Waals surface area contributed by atoms with E-state index in [9.17, 15) is 19.5 Å². The minimum Gasteiger partial charge on any atom is -0.464 e. The lowest BCUT2D eigenvalue weighted by molar-refractivity contribution is -0.118. The molecule has 0 spiro atoms. The number of fused-ring (bicyclic) bond motifs is 1. The molecule has 35 heavy (non-hydrogen) atoms. The van der Waals surface area contributed by atoms with Crippen LogP contribution in [0.2, 0.25) is 0 Å². The molecule has 3 heterocycles. The molecule has 0 radical (unpaired) electrons. The third kappa shape index (κ3) is 5.93. The van der Waals surface area contributed by atoms with Crippen LogP contribution in [0.4, 0.5) is 21.0 Å². The van der Waals surface area contributed by atoms with Crippen LogP contribution in [0.1, 0.15) is 59.9 Å². The summed E-state index contributed by atoms with van der Waals surface area (Å²) in [4.78, 5) is 43.4. The van der Waals surface area contributed by atoms with E-state index in [4.69, 9.17) is 4.74 Å². The van der Waals surface area contributed by atoms with Crippen LogP contribution < -0.4 is 15.5 Å². The molecular weight excluding hydrogens is 450 g/mol. The Morgan fingerprint density at radius 1 is 1.29 bits per heavy atom. The Bertz CT molecular complexity index is 1160. The van der Waals surface area contributed by atoms with E-state index in [0.29, 0.717) is 24.2 Å². The van der Waals surface area contributed by atoms with Crippen molar-refractivity contribution in [3.63, 3.8) is 0 Å². The molecule has 0 aromatic carbocycles. The first kappa shape index (κ1) is 26.1. The van der Waals surface area contributed by atoms with Gasteiger partial charge < -0.3 is 25.4 Å². The molecule has 0 aliphatic carbocycles. The van der Waals surface area contributed by atoms with E-state index in [0.717, 1.165) is 34.2 Å². The second kappa shape index (κ2) is 9.97. The average Bonchev–Trinajstić information content (AvgIpc) is 3.10. The number of anilines is 2. The lowest BCUT2D eigenvalue weighted by Gasteiger charge is -2.36. The van der Waals surface area contributed by atoms with Crippen molar-refractivity contribution < 1.29 is 24.2 Å². The molecule has 2 amide bonds. The zero-order chi connectivity index (χ0) is 26.1. The molecular formula is C25H35N5O5. The van der Waals surface area contributed by atoms with Gasteiger partial charge in [0, 0.05) is 43.0 Å². The van der Waals surface area contributed by atoms with Gasteiger partial charge >= 0.3 is 12.2 Å². The van der Waals surface area contributed by atoms with Gasteiger partial charge in [-0.15, -0.1) is 0 Å². The summed E-state index contributed by atoms with van der Waals surface area (Å²) in [6.45, 7) is 16.1. The van der Waals surface area contributed by atoms with Crippen LogP contribution in [0, 0.1) is 5.92 Å². The van der Waals surface area contributed by atoms with Gasteiger partial charge in [0.2, 0.25) is 5.91 Å². The summed E-state index contributed by atoms with van der Waals surface area (Å²) in [6, 6.07) is -0.171. The van der Waals surface area contributed by atoms with Gasteiger partial charge in [-0.3, -0.25) is 4.79 Å². The van der Waals surface area contributed by atoms with E-state index in [1.54, 1.807) is 20.0 Å². The van der Waals surface area contributed by atoms with Crippen molar-refractivity contribution >= 4 is 46.1 Å². The van der Waals surface area contributed by atoms with Crippen molar-refractivity contribution in [2.24, 2.45) is 5.92 Å². The molecule has 1 aliphatic rings. The maximum atomic E-state index is 12.5. The number of aromatic nitrogens is 2. The predicted octanol–water partition coefficient (Wildman–Crippen LogP) is 4.68. The Balaban J connectivity index is 2.09. The summed E-state index contributed by atoms with van der Waals surface area (Å²) >= 11 is 0. The number of alkyl carbamates (subject to hydrolysis) is 1. The first-order valence-corrected chi connectivity index (χ1v) is 11.8. The molecule has 3 rings (SSSR count). The van der Waals surface area contributed by atoms with E-state index in [2.05, 4.69) is 27.1 Å². The zero-order valence-corrected chi connectivity index (χ0v) is 21.3. The molecule has 190 valence electrons. The number of piperidine rings is 1. The number of carbonyl (C=O) groups is 3. The van der Waals surface area contributed by atoms with Crippen LogP contribution in [0.15, 0.2) is 19.0 Å². The smallest absolute Gasteiger partial charge is 0.417 e. The highest BCUT2D eigenvalue weighted by Gasteiger charge is 2.29. The number of pyridine rings is 1. The van der Waals surface area contributed by atoms with Gasteiger partial charge in [0.15, 0.2) is 5.65 Å². The standard InChI is InChI=1S/C25H35N5O5/c1-14(2)17-11-26-21-19(18(13-30(21)24(33)34)28-22(31)15(3)4)20(17)29-10-8-9-16(12-29)27-23(32)35-25(5,6)7/h11,13,15-16H,1,8-10,12H2,2-7H3,(H,27,32)(H,28,31)(H,33,34). The van der Waals surface area contributed by atoms with Crippen molar-refractivity contribution in [2.45, 2.75) is 66.0 Å². The maximum Gasteiger partial charge on any atom is 0.417 e.